The third kappa shape index (κ3) is 6.92. The Morgan fingerprint density at radius 3 is 2.05 bits per heavy atom. The number of rotatable bonds is 11. The number of nitrogens with zero attached hydrogens (tertiary/aromatic N) is 2. The largest absolute Gasteiger partial charge is 0.496 e. The molecule has 0 radical (unpaired) electrons. The molecule has 0 saturated carbocycles. The van der Waals surface area contributed by atoms with Gasteiger partial charge in [-0.1, -0.05) is 30.3 Å². The molecule has 5 nitrogen and oxygen atoms in total. The van der Waals surface area contributed by atoms with Crippen LogP contribution in [0.15, 0.2) is 48.5 Å². The summed E-state index contributed by atoms with van der Waals surface area (Å²) in [6, 6.07) is 16.9. The van der Waals surface area contributed by atoms with E-state index in [0.29, 0.717) is 19.4 Å². The van der Waals surface area contributed by atoms with Crippen molar-refractivity contribution in [2.45, 2.75) is 45.8 Å². The number of halogens is 1. The van der Waals surface area contributed by atoms with E-state index < -0.39 is 6.17 Å². The van der Waals surface area contributed by atoms with E-state index in [1.54, 1.807) is 14.2 Å². The number of benzene rings is 3. The minimum absolute atomic E-state index is 0.628. The van der Waals surface area contributed by atoms with Crippen LogP contribution in [-0.4, -0.2) is 70.5 Å². The summed E-state index contributed by atoms with van der Waals surface area (Å²) >= 11 is 0. The first-order chi connectivity index (χ1) is 18.8. The number of piperidine rings is 1. The zero-order chi connectivity index (χ0) is 27.9. The van der Waals surface area contributed by atoms with Gasteiger partial charge in [0.25, 0.3) is 0 Å². The van der Waals surface area contributed by atoms with Crippen molar-refractivity contribution in [1.29, 1.82) is 0 Å². The van der Waals surface area contributed by atoms with E-state index in [-0.39, 0.29) is 0 Å². The van der Waals surface area contributed by atoms with Gasteiger partial charge in [-0.15, -0.1) is 0 Å². The SMILES string of the molecule is COc1cc(-c2cccc(-c3cccc(OCCCN4CCC(F)CC4)c3C)c2C)cc(OC)c1CN(C)C. The van der Waals surface area contributed by atoms with Crippen molar-refractivity contribution in [1.82, 2.24) is 9.80 Å². The van der Waals surface area contributed by atoms with E-state index in [2.05, 4.69) is 66.1 Å². The topological polar surface area (TPSA) is 34.2 Å². The van der Waals surface area contributed by atoms with Crippen LogP contribution in [0.4, 0.5) is 4.39 Å². The van der Waals surface area contributed by atoms with Gasteiger partial charge in [-0.25, -0.2) is 4.39 Å². The first-order valence-electron chi connectivity index (χ1n) is 13.9. The molecular formula is C33H43FN2O3. The predicted octanol–water partition coefficient (Wildman–Crippen LogP) is 6.92. The highest BCUT2D eigenvalue weighted by Crippen LogP contribution is 2.40. The van der Waals surface area contributed by atoms with Crippen molar-refractivity contribution in [3.63, 3.8) is 0 Å². The summed E-state index contributed by atoms with van der Waals surface area (Å²) in [7, 11) is 7.50. The molecule has 3 aromatic carbocycles. The Morgan fingerprint density at radius 2 is 1.44 bits per heavy atom. The number of ether oxygens (including phenoxy) is 3. The van der Waals surface area contributed by atoms with Crippen LogP contribution < -0.4 is 14.2 Å². The normalized spacial score (nSPS) is 14.6. The summed E-state index contributed by atoms with van der Waals surface area (Å²) in [4.78, 5) is 4.45. The van der Waals surface area contributed by atoms with Gasteiger partial charge >= 0.3 is 0 Å². The lowest BCUT2D eigenvalue weighted by Gasteiger charge is -2.28. The second-order valence-corrected chi connectivity index (χ2v) is 10.7. The maximum Gasteiger partial charge on any atom is 0.127 e. The average molecular weight is 535 g/mol. The molecule has 210 valence electrons. The van der Waals surface area contributed by atoms with Crippen LogP contribution in [0.5, 0.6) is 17.2 Å². The summed E-state index contributed by atoms with van der Waals surface area (Å²) in [6.45, 7) is 8.33. The molecule has 0 aliphatic carbocycles. The lowest BCUT2D eigenvalue weighted by Crippen LogP contribution is -2.35. The molecule has 0 unspecified atom stereocenters. The number of likely N-dealkylation sites (tertiary alicyclic amines) is 1. The second-order valence-electron chi connectivity index (χ2n) is 10.7. The molecule has 1 fully saturated rings. The van der Waals surface area contributed by atoms with Crippen LogP contribution in [-0.2, 0) is 6.54 Å². The molecular weight excluding hydrogens is 491 g/mol. The van der Waals surface area contributed by atoms with Gasteiger partial charge < -0.3 is 24.0 Å². The highest BCUT2D eigenvalue weighted by Gasteiger charge is 2.19. The van der Waals surface area contributed by atoms with E-state index >= 15 is 0 Å². The molecule has 0 amide bonds. The molecule has 1 aliphatic heterocycles. The van der Waals surface area contributed by atoms with E-state index in [1.165, 1.54) is 16.7 Å². The summed E-state index contributed by atoms with van der Waals surface area (Å²) in [5, 5.41) is 0. The number of methoxy groups -OCH3 is 2. The van der Waals surface area contributed by atoms with Crippen molar-refractivity contribution >= 4 is 0 Å². The van der Waals surface area contributed by atoms with Crippen LogP contribution in [0.1, 0.15) is 36.0 Å². The molecule has 0 N–H and O–H groups in total. The molecule has 0 spiro atoms. The van der Waals surface area contributed by atoms with E-state index in [1.807, 2.05) is 20.2 Å². The highest BCUT2D eigenvalue weighted by molar-refractivity contribution is 5.81. The zero-order valence-electron chi connectivity index (χ0n) is 24.4. The number of hydrogen-bond donors (Lipinski definition) is 0. The fourth-order valence-electron chi connectivity index (χ4n) is 5.51. The molecule has 6 heteroatoms. The van der Waals surface area contributed by atoms with Gasteiger partial charge in [0.1, 0.15) is 23.4 Å². The lowest BCUT2D eigenvalue weighted by molar-refractivity contribution is 0.143. The minimum atomic E-state index is -0.628. The molecule has 0 bridgehead atoms. The predicted molar refractivity (Wildman–Crippen MR) is 158 cm³/mol. The van der Waals surface area contributed by atoms with E-state index in [4.69, 9.17) is 14.2 Å². The molecule has 0 atom stereocenters. The Labute approximate surface area is 233 Å². The van der Waals surface area contributed by atoms with Crippen molar-refractivity contribution in [3.05, 3.63) is 65.2 Å². The third-order valence-electron chi connectivity index (χ3n) is 7.69. The quantitative estimate of drug-likeness (QED) is 0.250. The Kier molecular flexibility index (Phi) is 9.87. The van der Waals surface area contributed by atoms with Crippen LogP contribution >= 0.6 is 0 Å². The summed E-state index contributed by atoms with van der Waals surface area (Å²) in [6.07, 6.45) is 1.61. The van der Waals surface area contributed by atoms with Gasteiger partial charge in [-0.2, -0.15) is 0 Å². The van der Waals surface area contributed by atoms with Crippen molar-refractivity contribution in [3.8, 4) is 39.5 Å². The Balaban J connectivity index is 1.56. The summed E-state index contributed by atoms with van der Waals surface area (Å²) < 4.78 is 31.2. The minimum Gasteiger partial charge on any atom is -0.496 e. The molecule has 39 heavy (non-hydrogen) atoms. The van der Waals surface area contributed by atoms with Crippen molar-refractivity contribution in [2.75, 3.05) is 54.6 Å². The van der Waals surface area contributed by atoms with Gasteiger partial charge in [-0.3, -0.25) is 0 Å². The molecule has 1 heterocycles. The molecule has 3 aromatic rings. The fourth-order valence-corrected chi connectivity index (χ4v) is 5.51. The van der Waals surface area contributed by atoms with Gasteiger partial charge in [0.15, 0.2) is 0 Å². The Hall–Kier alpha value is -3.09. The first-order valence-corrected chi connectivity index (χ1v) is 13.9. The molecule has 1 aliphatic rings. The van der Waals surface area contributed by atoms with Crippen molar-refractivity contribution < 1.29 is 18.6 Å². The second kappa shape index (κ2) is 13.3. The maximum atomic E-state index is 13.4. The standard InChI is InChI=1S/C33H43FN2O3/c1-23-27(25-20-32(37-5)30(22-35(3)4)33(21-25)38-6)10-7-11-28(23)29-12-8-13-31(24(29)2)39-19-9-16-36-17-14-26(34)15-18-36/h7-8,10-13,20-21,26H,9,14-19,22H2,1-6H3. The number of alkyl halides is 1. The van der Waals surface area contributed by atoms with Gasteiger partial charge in [0.05, 0.1) is 26.4 Å². The van der Waals surface area contributed by atoms with Crippen LogP contribution in [0.25, 0.3) is 22.3 Å². The van der Waals surface area contributed by atoms with Crippen LogP contribution in [0.2, 0.25) is 0 Å². The average Bonchev–Trinajstić information content (AvgIpc) is 2.93. The van der Waals surface area contributed by atoms with Crippen LogP contribution in [0, 0.1) is 13.8 Å². The van der Waals surface area contributed by atoms with Crippen LogP contribution in [0.3, 0.4) is 0 Å². The monoisotopic (exact) mass is 534 g/mol. The van der Waals surface area contributed by atoms with Gasteiger partial charge in [0.2, 0.25) is 0 Å². The van der Waals surface area contributed by atoms with Gasteiger partial charge in [0, 0.05) is 26.2 Å². The van der Waals surface area contributed by atoms with Crippen molar-refractivity contribution in [2.24, 2.45) is 0 Å². The first kappa shape index (κ1) is 28.9. The third-order valence-corrected chi connectivity index (χ3v) is 7.69. The van der Waals surface area contributed by atoms with Gasteiger partial charge in [-0.05, 0) is 98.8 Å². The maximum absolute atomic E-state index is 13.4. The van der Waals surface area contributed by atoms with E-state index in [9.17, 15) is 4.39 Å². The highest BCUT2D eigenvalue weighted by atomic mass is 19.1. The number of hydrogen-bond acceptors (Lipinski definition) is 5. The molecule has 4 rings (SSSR count). The Bertz CT molecular complexity index is 1230. The lowest BCUT2D eigenvalue weighted by atomic mass is 9.90. The van der Waals surface area contributed by atoms with E-state index in [0.717, 1.165) is 72.1 Å². The zero-order valence-corrected chi connectivity index (χ0v) is 24.4. The molecule has 0 aromatic heterocycles. The summed E-state index contributed by atoms with van der Waals surface area (Å²) in [5.41, 5.74) is 7.91. The smallest absolute Gasteiger partial charge is 0.127 e. The summed E-state index contributed by atoms with van der Waals surface area (Å²) in [5.74, 6) is 2.56. The Morgan fingerprint density at radius 1 is 0.846 bits per heavy atom. The fraction of sp³-hybridized carbons (Fsp3) is 0.455. The molecule has 1 saturated heterocycles.